The molecule has 1 aromatic heterocycles. The third kappa shape index (κ3) is 2.27. The van der Waals surface area contributed by atoms with Gasteiger partial charge in [0, 0.05) is 10.4 Å². The van der Waals surface area contributed by atoms with Gasteiger partial charge < -0.3 is 0 Å². The number of aryl methyl sites for hydroxylation is 1. The molecular formula is C14H13FN2S. The Bertz CT molecular complexity index is 606. The number of aromatic nitrogens is 1. The van der Waals surface area contributed by atoms with Gasteiger partial charge in [0.15, 0.2) is 0 Å². The Morgan fingerprint density at radius 1 is 1.28 bits per heavy atom. The molecule has 0 saturated carbocycles. The Hall–Kier alpha value is -1.73. The van der Waals surface area contributed by atoms with Gasteiger partial charge in [-0.15, -0.1) is 11.3 Å². The fourth-order valence-corrected chi connectivity index (χ4v) is 2.58. The van der Waals surface area contributed by atoms with Gasteiger partial charge in [-0.1, -0.05) is 0 Å². The summed E-state index contributed by atoms with van der Waals surface area (Å²) in [5, 5.41) is 9.92. The Morgan fingerprint density at radius 2 is 1.89 bits per heavy atom. The highest BCUT2D eigenvalue weighted by Gasteiger charge is 2.25. The highest BCUT2D eigenvalue weighted by molar-refractivity contribution is 7.12. The van der Waals surface area contributed by atoms with Crippen LogP contribution in [0.15, 0.2) is 24.3 Å². The lowest BCUT2D eigenvalue weighted by Gasteiger charge is -2.09. The fraction of sp³-hybridized carbons (Fsp3) is 0.286. The van der Waals surface area contributed by atoms with Gasteiger partial charge in [0.2, 0.25) is 0 Å². The first-order valence-electron chi connectivity index (χ1n) is 5.59. The molecule has 0 fully saturated rings. The van der Waals surface area contributed by atoms with E-state index in [4.69, 9.17) is 5.26 Å². The molecule has 0 unspecified atom stereocenters. The molecule has 0 radical (unpaired) electrons. The first kappa shape index (κ1) is 12.7. The van der Waals surface area contributed by atoms with Crippen molar-refractivity contribution in [3.8, 4) is 17.3 Å². The quantitative estimate of drug-likeness (QED) is 0.816. The summed E-state index contributed by atoms with van der Waals surface area (Å²) in [7, 11) is 0. The third-order valence-electron chi connectivity index (χ3n) is 2.73. The molecule has 0 bridgehead atoms. The summed E-state index contributed by atoms with van der Waals surface area (Å²) < 4.78 is 12.9. The van der Waals surface area contributed by atoms with Gasteiger partial charge >= 0.3 is 0 Å². The number of hydrogen-bond acceptors (Lipinski definition) is 3. The van der Waals surface area contributed by atoms with Crippen LogP contribution in [0, 0.1) is 24.1 Å². The summed E-state index contributed by atoms with van der Waals surface area (Å²) in [6.45, 7) is 5.66. The normalized spacial score (nSPS) is 11.3. The van der Waals surface area contributed by atoms with Gasteiger partial charge in [-0.05, 0) is 45.0 Å². The molecular weight excluding hydrogens is 247 g/mol. The average Bonchev–Trinajstić information content (AvgIpc) is 2.73. The molecule has 2 rings (SSSR count). The summed E-state index contributed by atoms with van der Waals surface area (Å²) in [4.78, 5) is 5.57. The monoisotopic (exact) mass is 260 g/mol. The highest BCUT2D eigenvalue weighted by atomic mass is 32.1. The van der Waals surface area contributed by atoms with E-state index in [2.05, 4.69) is 11.1 Å². The minimum absolute atomic E-state index is 0.260. The molecule has 18 heavy (non-hydrogen) atoms. The average molecular weight is 260 g/mol. The molecule has 92 valence electrons. The summed E-state index contributed by atoms with van der Waals surface area (Å²) in [6.07, 6.45) is 0. The summed E-state index contributed by atoms with van der Waals surface area (Å²) in [5.74, 6) is -0.260. The third-order valence-corrected chi connectivity index (χ3v) is 4.02. The molecule has 0 spiro atoms. The maximum absolute atomic E-state index is 12.9. The lowest BCUT2D eigenvalue weighted by molar-refractivity contribution is 0.628. The molecule has 1 aromatic carbocycles. The number of nitrogens with zero attached hydrogens (tertiary/aromatic N) is 2. The van der Waals surface area contributed by atoms with Gasteiger partial charge in [-0.3, -0.25) is 0 Å². The van der Waals surface area contributed by atoms with Crippen LogP contribution in [-0.4, -0.2) is 4.98 Å². The zero-order chi connectivity index (χ0) is 13.3. The fourth-order valence-electron chi connectivity index (χ4n) is 1.59. The minimum atomic E-state index is -0.590. The number of nitriles is 1. The van der Waals surface area contributed by atoms with Gasteiger partial charge in [-0.2, -0.15) is 5.26 Å². The van der Waals surface area contributed by atoms with Crippen LogP contribution in [0.3, 0.4) is 0 Å². The van der Waals surface area contributed by atoms with Crippen LogP contribution < -0.4 is 0 Å². The van der Waals surface area contributed by atoms with Gasteiger partial charge in [0.25, 0.3) is 0 Å². The first-order valence-corrected chi connectivity index (χ1v) is 6.41. The minimum Gasteiger partial charge on any atom is -0.239 e. The van der Waals surface area contributed by atoms with Crippen LogP contribution in [0.1, 0.15) is 23.7 Å². The van der Waals surface area contributed by atoms with E-state index in [1.165, 1.54) is 23.5 Å². The number of rotatable bonds is 2. The number of hydrogen-bond donors (Lipinski definition) is 0. The molecule has 0 aliphatic heterocycles. The number of thiazole rings is 1. The van der Waals surface area contributed by atoms with Gasteiger partial charge in [0.1, 0.15) is 16.2 Å². The SMILES string of the molecule is Cc1sc(C(C)(C)C#N)nc1-c1ccc(F)cc1. The van der Waals surface area contributed by atoms with Crippen LogP contribution in [0.4, 0.5) is 4.39 Å². The van der Waals surface area contributed by atoms with Crippen molar-refractivity contribution in [3.63, 3.8) is 0 Å². The Balaban J connectivity index is 2.48. The van der Waals surface area contributed by atoms with Gasteiger partial charge in [-0.25, -0.2) is 9.37 Å². The lowest BCUT2D eigenvalue weighted by Crippen LogP contribution is -2.13. The summed E-state index contributed by atoms with van der Waals surface area (Å²) in [5.41, 5.74) is 1.12. The maximum atomic E-state index is 12.9. The van der Waals surface area contributed by atoms with Crippen molar-refractivity contribution in [2.75, 3.05) is 0 Å². The predicted octanol–water partition coefficient (Wildman–Crippen LogP) is 4.06. The highest BCUT2D eigenvalue weighted by Crippen LogP contribution is 2.33. The van der Waals surface area contributed by atoms with Crippen molar-refractivity contribution >= 4 is 11.3 Å². The molecule has 0 aliphatic rings. The second-order valence-corrected chi connectivity index (χ2v) is 5.87. The van der Waals surface area contributed by atoms with Crippen molar-refractivity contribution in [2.24, 2.45) is 0 Å². The Morgan fingerprint density at radius 3 is 2.44 bits per heavy atom. The van der Waals surface area contributed by atoms with E-state index in [0.29, 0.717) is 0 Å². The van der Waals surface area contributed by atoms with Crippen molar-refractivity contribution in [3.05, 3.63) is 40.0 Å². The predicted molar refractivity (Wildman–Crippen MR) is 70.9 cm³/mol. The van der Waals surface area contributed by atoms with Gasteiger partial charge in [0.05, 0.1) is 11.8 Å². The smallest absolute Gasteiger partial charge is 0.123 e. The molecule has 4 heteroatoms. The van der Waals surface area contributed by atoms with Crippen LogP contribution in [0.2, 0.25) is 0 Å². The van der Waals surface area contributed by atoms with E-state index in [1.54, 1.807) is 12.1 Å². The van der Waals surface area contributed by atoms with Crippen molar-refractivity contribution < 1.29 is 4.39 Å². The van der Waals surface area contributed by atoms with E-state index < -0.39 is 5.41 Å². The van der Waals surface area contributed by atoms with Crippen LogP contribution >= 0.6 is 11.3 Å². The second kappa shape index (κ2) is 4.51. The van der Waals surface area contributed by atoms with E-state index >= 15 is 0 Å². The Labute approximate surface area is 110 Å². The number of halogens is 1. The van der Waals surface area contributed by atoms with Crippen molar-refractivity contribution in [1.29, 1.82) is 5.26 Å². The molecule has 0 amide bonds. The topological polar surface area (TPSA) is 36.7 Å². The zero-order valence-corrected chi connectivity index (χ0v) is 11.3. The maximum Gasteiger partial charge on any atom is 0.123 e. The van der Waals surface area contributed by atoms with E-state index in [9.17, 15) is 4.39 Å². The second-order valence-electron chi connectivity index (χ2n) is 4.67. The van der Waals surface area contributed by atoms with E-state index in [-0.39, 0.29) is 5.82 Å². The molecule has 0 N–H and O–H groups in total. The van der Waals surface area contributed by atoms with Crippen LogP contribution in [0.5, 0.6) is 0 Å². The van der Waals surface area contributed by atoms with Crippen molar-refractivity contribution in [1.82, 2.24) is 4.98 Å². The van der Waals surface area contributed by atoms with E-state index in [1.807, 2.05) is 20.8 Å². The molecule has 0 aliphatic carbocycles. The summed E-state index contributed by atoms with van der Waals surface area (Å²) >= 11 is 1.52. The molecule has 2 nitrogen and oxygen atoms in total. The summed E-state index contributed by atoms with van der Waals surface area (Å²) in [6, 6.07) is 8.50. The van der Waals surface area contributed by atoms with E-state index in [0.717, 1.165) is 21.1 Å². The largest absolute Gasteiger partial charge is 0.239 e. The first-order chi connectivity index (χ1) is 8.44. The lowest BCUT2D eigenvalue weighted by atomic mass is 9.97. The van der Waals surface area contributed by atoms with Crippen LogP contribution in [-0.2, 0) is 5.41 Å². The molecule has 1 heterocycles. The van der Waals surface area contributed by atoms with Crippen LogP contribution in [0.25, 0.3) is 11.3 Å². The standard InChI is InChI=1S/C14H13FN2S/c1-9-12(10-4-6-11(15)7-5-10)17-13(18-9)14(2,3)8-16/h4-7H,1-3H3. The van der Waals surface area contributed by atoms with Crippen molar-refractivity contribution in [2.45, 2.75) is 26.2 Å². The molecule has 2 aromatic rings. The molecule has 0 atom stereocenters. The Kier molecular flexibility index (Phi) is 3.18. The zero-order valence-electron chi connectivity index (χ0n) is 10.5. The molecule has 0 saturated heterocycles. The number of benzene rings is 1.